The third-order valence-corrected chi connectivity index (χ3v) is 3.45. The summed E-state index contributed by atoms with van der Waals surface area (Å²) in [4.78, 5) is 2.18. The number of rotatable bonds is 3. The first-order chi connectivity index (χ1) is 7.65. The Labute approximate surface area is 97.1 Å². The van der Waals surface area contributed by atoms with E-state index in [-0.39, 0.29) is 6.10 Å². The predicted octanol–water partition coefficient (Wildman–Crippen LogP) is 2.58. The third kappa shape index (κ3) is 2.79. The van der Waals surface area contributed by atoms with E-state index < -0.39 is 0 Å². The molecule has 0 radical (unpaired) electrons. The molecule has 1 fully saturated rings. The van der Waals surface area contributed by atoms with Crippen molar-refractivity contribution in [1.82, 2.24) is 0 Å². The zero-order valence-electron chi connectivity index (χ0n) is 10.1. The summed E-state index contributed by atoms with van der Waals surface area (Å²) in [5.41, 5.74) is 0. The van der Waals surface area contributed by atoms with Gasteiger partial charge < -0.3 is 14.4 Å². The highest BCUT2D eigenvalue weighted by atomic mass is 16.4. The fourth-order valence-corrected chi connectivity index (χ4v) is 2.43. The zero-order chi connectivity index (χ0) is 11.5. The molecular formula is C13H21NO2. The van der Waals surface area contributed by atoms with Crippen molar-refractivity contribution in [2.45, 2.75) is 38.7 Å². The second-order valence-electron chi connectivity index (χ2n) is 4.94. The topological polar surface area (TPSA) is 36.6 Å². The van der Waals surface area contributed by atoms with E-state index in [0.717, 1.165) is 43.9 Å². The van der Waals surface area contributed by atoms with Crippen LogP contribution >= 0.6 is 0 Å². The molecule has 1 aromatic rings. The Bertz CT molecular complexity index is 326. The van der Waals surface area contributed by atoms with Crippen molar-refractivity contribution in [1.29, 1.82) is 0 Å². The maximum atomic E-state index is 9.45. The number of hydrogen-bond acceptors (Lipinski definition) is 3. The van der Waals surface area contributed by atoms with Crippen molar-refractivity contribution in [3.05, 3.63) is 17.9 Å². The van der Waals surface area contributed by atoms with Gasteiger partial charge in [-0.3, -0.25) is 0 Å². The van der Waals surface area contributed by atoms with E-state index in [1.165, 1.54) is 0 Å². The van der Waals surface area contributed by atoms with Crippen LogP contribution < -0.4 is 4.90 Å². The fourth-order valence-electron chi connectivity index (χ4n) is 2.43. The van der Waals surface area contributed by atoms with Crippen molar-refractivity contribution < 1.29 is 9.52 Å². The summed E-state index contributed by atoms with van der Waals surface area (Å²) in [7, 11) is 2.07. The second-order valence-corrected chi connectivity index (χ2v) is 4.94. The SMILES string of the molecule is Cc1ccc(N(C)CC2CCC(O)CC2)o1. The summed E-state index contributed by atoms with van der Waals surface area (Å²) in [6.07, 6.45) is 4.11. The first kappa shape index (κ1) is 11.5. The molecule has 90 valence electrons. The number of hydrogen-bond donors (Lipinski definition) is 1. The van der Waals surface area contributed by atoms with Gasteiger partial charge in [0.2, 0.25) is 0 Å². The molecule has 0 aromatic carbocycles. The molecule has 1 aliphatic rings. The van der Waals surface area contributed by atoms with Crippen molar-refractivity contribution in [3.63, 3.8) is 0 Å². The van der Waals surface area contributed by atoms with Gasteiger partial charge in [-0.2, -0.15) is 0 Å². The molecule has 2 rings (SSSR count). The lowest BCUT2D eigenvalue weighted by Gasteiger charge is -2.29. The van der Waals surface area contributed by atoms with Gasteiger partial charge in [0, 0.05) is 19.7 Å². The smallest absolute Gasteiger partial charge is 0.195 e. The lowest BCUT2D eigenvalue weighted by molar-refractivity contribution is 0.110. The average Bonchev–Trinajstić information content (AvgIpc) is 2.68. The van der Waals surface area contributed by atoms with Crippen LogP contribution in [0.2, 0.25) is 0 Å². The molecule has 0 bridgehead atoms. The van der Waals surface area contributed by atoms with Crippen LogP contribution in [0.3, 0.4) is 0 Å². The molecule has 0 spiro atoms. The van der Waals surface area contributed by atoms with Crippen LogP contribution in [0.1, 0.15) is 31.4 Å². The Balaban J connectivity index is 1.85. The van der Waals surface area contributed by atoms with Gasteiger partial charge in [0.05, 0.1) is 6.10 Å². The Morgan fingerprint density at radius 2 is 2.00 bits per heavy atom. The Morgan fingerprint density at radius 3 is 2.56 bits per heavy atom. The van der Waals surface area contributed by atoms with Gasteiger partial charge in [-0.1, -0.05) is 0 Å². The standard InChI is InChI=1S/C13H21NO2/c1-10-3-8-13(16-10)14(2)9-11-4-6-12(15)7-5-11/h3,8,11-12,15H,4-7,9H2,1-2H3. The molecule has 1 saturated carbocycles. The van der Waals surface area contributed by atoms with E-state index >= 15 is 0 Å². The number of nitrogens with zero attached hydrogens (tertiary/aromatic N) is 1. The van der Waals surface area contributed by atoms with Crippen LogP contribution in [-0.2, 0) is 0 Å². The molecule has 1 heterocycles. The minimum atomic E-state index is -0.0626. The monoisotopic (exact) mass is 223 g/mol. The lowest BCUT2D eigenvalue weighted by Crippen LogP contribution is -2.29. The second kappa shape index (κ2) is 4.91. The molecule has 0 atom stereocenters. The number of aliphatic hydroxyl groups excluding tert-OH is 1. The summed E-state index contributed by atoms with van der Waals surface area (Å²) in [5, 5.41) is 9.45. The summed E-state index contributed by atoms with van der Waals surface area (Å²) in [5.74, 6) is 2.60. The van der Waals surface area contributed by atoms with E-state index in [1.54, 1.807) is 0 Å². The van der Waals surface area contributed by atoms with E-state index in [4.69, 9.17) is 4.42 Å². The van der Waals surface area contributed by atoms with Gasteiger partial charge in [0.1, 0.15) is 5.76 Å². The lowest BCUT2D eigenvalue weighted by atomic mass is 9.87. The molecule has 0 aliphatic heterocycles. The van der Waals surface area contributed by atoms with Gasteiger partial charge in [-0.15, -0.1) is 0 Å². The summed E-state index contributed by atoms with van der Waals surface area (Å²) < 4.78 is 5.58. The van der Waals surface area contributed by atoms with E-state index in [1.807, 2.05) is 19.1 Å². The van der Waals surface area contributed by atoms with Crippen molar-refractivity contribution in [3.8, 4) is 0 Å². The molecule has 1 aromatic heterocycles. The largest absolute Gasteiger partial charge is 0.446 e. The number of aryl methyl sites for hydroxylation is 1. The summed E-state index contributed by atoms with van der Waals surface area (Å²) >= 11 is 0. The van der Waals surface area contributed by atoms with Gasteiger partial charge in [0.25, 0.3) is 0 Å². The molecule has 0 saturated heterocycles. The average molecular weight is 223 g/mol. The zero-order valence-corrected chi connectivity index (χ0v) is 10.1. The molecule has 3 nitrogen and oxygen atoms in total. The highest BCUT2D eigenvalue weighted by Crippen LogP contribution is 2.26. The normalized spacial score (nSPS) is 25.7. The third-order valence-electron chi connectivity index (χ3n) is 3.45. The Kier molecular flexibility index (Phi) is 3.54. The minimum absolute atomic E-state index is 0.0626. The van der Waals surface area contributed by atoms with Gasteiger partial charge in [-0.25, -0.2) is 0 Å². The molecule has 1 aliphatic carbocycles. The van der Waals surface area contributed by atoms with Gasteiger partial charge >= 0.3 is 0 Å². The van der Waals surface area contributed by atoms with Crippen LogP contribution in [0, 0.1) is 12.8 Å². The maximum absolute atomic E-state index is 9.45. The van der Waals surface area contributed by atoms with Crippen molar-refractivity contribution in [2.75, 3.05) is 18.5 Å². The number of furan rings is 1. The first-order valence-electron chi connectivity index (χ1n) is 6.11. The van der Waals surface area contributed by atoms with Crippen LogP contribution in [0.15, 0.2) is 16.5 Å². The summed E-state index contributed by atoms with van der Waals surface area (Å²) in [6.45, 7) is 2.99. The summed E-state index contributed by atoms with van der Waals surface area (Å²) in [6, 6.07) is 4.02. The van der Waals surface area contributed by atoms with Crippen LogP contribution in [0.4, 0.5) is 5.88 Å². The van der Waals surface area contributed by atoms with E-state index in [2.05, 4.69) is 11.9 Å². The maximum Gasteiger partial charge on any atom is 0.195 e. The molecule has 3 heteroatoms. The van der Waals surface area contributed by atoms with E-state index in [9.17, 15) is 5.11 Å². The molecule has 1 N–H and O–H groups in total. The van der Waals surface area contributed by atoms with Crippen LogP contribution in [0.5, 0.6) is 0 Å². The van der Waals surface area contributed by atoms with Crippen LogP contribution in [0.25, 0.3) is 0 Å². The van der Waals surface area contributed by atoms with Gasteiger partial charge in [-0.05, 0) is 44.6 Å². The molecule has 0 unspecified atom stereocenters. The molecular weight excluding hydrogens is 202 g/mol. The molecule has 0 amide bonds. The number of aliphatic hydroxyl groups is 1. The van der Waals surface area contributed by atoms with Gasteiger partial charge in [0.15, 0.2) is 5.88 Å². The Hall–Kier alpha value is -0.960. The Morgan fingerprint density at radius 1 is 1.31 bits per heavy atom. The van der Waals surface area contributed by atoms with Crippen molar-refractivity contribution in [2.24, 2.45) is 5.92 Å². The predicted molar refractivity (Wildman–Crippen MR) is 64.7 cm³/mol. The van der Waals surface area contributed by atoms with E-state index in [0.29, 0.717) is 5.92 Å². The molecule has 16 heavy (non-hydrogen) atoms. The van der Waals surface area contributed by atoms with Crippen LogP contribution in [-0.4, -0.2) is 24.8 Å². The fraction of sp³-hybridized carbons (Fsp3) is 0.692. The quantitative estimate of drug-likeness (QED) is 0.855. The van der Waals surface area contributed by atoms with Crippen molar-refractivity contribution >= 4 is 5.88 Å². The highest BCUT2D eigenvalue weighted by Gasteiger charge is 2.21. The number of anilines is 1. The highest BCUT2D eigenvalue weighted by molar-refractivity contribution is 5.35. The minimum Gasteiger partial charge on any atom is -0.446 e. The first-order valence-corrected chi connectivity index (χ1v) is 6.11.